The molecule has 1 atom stereocenters. The van der Waals surface area contributed by atoms with E-state index in [9.17, 15) is 4.79 Å². The molecule has 1 unspecified atom stereocenters. The van der Waals surface area contributed by atoms with Crippen molar-refractivity contribution in [2.75, 3.05) is 19.0 Å². The molecule has 1 aliphatic rings. The van der Waals surface area contributed by atoms with Crippen LogP contribution in [-0.2, 0) is 9.53 Å². The Balaban J connectivity index is 2.07. The van der Waals surface area contributed by atoms with Crippen LogP contribution in [0, 0.1) is 0 Å². The van der Waals surface area contributed by atoms with E-state index in [0.29, 0.717) is 23.1 Å². The molecule has 0 aliphatic carbocycles. The molecule has 1 aliphatic heterocycles. The molecule has 0 bridgehead atoms. The standard InChI is InChI=1S/C13H16ClNO3/c1-17-11-6-5-9(14)8-10(11)15-13(16)12-4-2-3-7-18-12/h5-6,8,12H,2-4,7H2,1H3,(H,15,16). The van der Waals surface area contributed by atoms with Gasteiger partial charge in [-0.05, 0) is 37.5 Å². The van der Waals surface area contributed by atoms with E-state index >= 15 is 0 Å². The minimum atomic E-state index is -0.373. The van der Waals surface area contributed by atoms with E-state index in [1.54, 1.807) is 25.3 Å². The fraction of sp³-hybridized carbons (Fsp3) is 0.462. The van der Waals surface area contributed by atoms with Gasteiger partial charge in [-0.25, -0.2) is 0 Å². The molecule has 4 nitrogen and oxygen atoms in total. The zero-order valence-electron chi connectivity index (χ0n) is 10.2. The van der Waals surface area contributed by atoms with Crippen LogP contribution < -0.4 is 10.1 Å². The second kappa shape index (κ2) is 6.07. The van der Waals surface area contributed by atoms with Gasteiger partial charge in [-0.15, -0.1) is 0 Å². The molecule has 1 saturated heterocycles. The molecule has 18 heavy (non-hydrogen) atoms. The predicted molar refractivity (Wildman–Crippen MR) is 70.2 cm³/mol. The lowest BCUT2D eigenvalue weighted by Gasteiger charge is -2.22. The van der Waals surface area contributed by atoms with Gasteiger partial charge < -0.3 is 14.8 Å². The van der Waals surface area contributed by atoms with Gasteiger partial charge in [-0.2, -0.15) is 0 Å². The van der Waals surface area contributed by atoms with Crippen molar-refractivity contribution in [3.8, 4) is 5.75 Å². The van der Waals surface area contributed by atoms with E-state index in [1.807, 2.05) is 0 Å². The third-order valence-electron chi connectivity index (χ3n) is 2.89. The van der Waals surface area contributed by atoms with Crippen molar-refractivity contribution >= 4 is 23.2 Å². The lowest BCUT2D eigenvalue weighted by Crippen LogP contribution is -2.33. The summed E-state index contributed by atoms with van der Waals surface area (Å²) in [6.45, 7) is 0.644. The summed E-state index contributed by atoms with van der Waals surface area (Å²) >= 11 is 5.90. The van der Waals surface area contributed by atoms with E-state index in [-0.39, 0.29) is 12.0 Å². The smallest absolute Gasteiger partial charge is 0.253 e. The fourth-order valence-corrected chi connectivity index (χ4v) is 2.11. The molecular formula is C13H16ClNO3. The zero-order chi connectivity index (χ0) is 13.0. The van der Waals surface area contributed by atoms with Gasteiger partial charge >= 0.3 is 0 Å². The largest absolute Gasteiger partial charge is 0.495 e. The lowest BCUT2D eigenvalue weighted by molar-refractivity contribution is -0.129. The summed E-state index contributed by atoms with van der Waals surface area (Å²) in [4.78, 5) is 12.0. The van der Waals surface area contributed by atoms with E-state index in [0.717, 1.165) is 19.3 Å². The quantitative estimate of drug-likeness (QED) is 0.918. The van der Waals surface area contributed by atoms with E-state index in [4.69, 9.17) is 21.1 Å². The molecule has 0 radical (unpaired) electrons. The summed E-state index contributed by atoms with van der Waals surface area (Å²) in [6.07, 6.45) is 2.42. The van der Waals surface area contributed by atoms with Crippen molar-refractivity contribution in [3.63, 3.8) is 0 Å². The Hall–Kier alpha value is -1.26. The minimum Gasteiger partial charge on any atom is -0.495 e. The van der Waals surface area contributed by atoms with Crippen LogP contribution in [0.15, 0.2) is 18.2 Å². The number of amides is 1. The number of carbonyl (C=O) groups excluding carboxylic acids is 1. The van der Waals surface area contributed by atoms with Crippen molar-refractivity contribution in [1.29, 1.82) is 0 Å². The molecule has 0 spiro atoms. The second-order valence-corrected chi connectivity index (χ2v) is 4.63. The van der Waals surface area contributed by atoms with Crippen molar-refractivity contribution in [2.45, 2.75) is 25.4 Å². The van der Waals surface area contributed by atoms with Crippen molar-refractivity contribution in [3.05, 3.63) is 23.2 Å². The number of methoxy groups -OCH3 is 1. The summed E-state index contributed by atoms with van der Waals surface area (Å²) in [5, 5.41) is 3.35. The zero-order valence-corrected chi connectivity index (χ0v) is 11.0. The van der Waals surface area contributed by atoms with Gasteiger partial charge in [0.2, 0.25) is 0 Å². The molecule has 1 amide bonds. The first-order valence-electron chi connectivity index (χ1n) is 5.96. The van der Waals surface area contributed by atoms with E-state index in [1.165, 1.54) is 0 Å². The van der Waals surface area contributed by atoms with Crippen LogP contribution in [0.4, 0.5) is 5.69 Å². The third kappa shape index (κ3) is 3.15. The average Bonchev–Trinajstić information content (AvgIpc) is 2.40. The number of nitrogens with one attached hydrogen (secondary N) is 1. The second-order valence-electron chi connectivity index (χ2n) is 4.19. The number of carbonyl (C=O) groups is 1. The summed E-state index contributed by atoms with van der Waals surface area (Å²) in [5.74, 6) is 0.443. The molecule has 1 heterocycles. The number of hydrogen-bond donors (Lipinski definition) is 1. The van der Waals surface area contributed by atoms with Gasteiger partial charge in [0.05, 0.1) is 12.8 Å². The van der Waals surface area contributed by atoms with Gasteiger partial charge in [-0.3, -0.25) is 4.79 Å². The summed E-state index contributed by atoms with van der Waals surface area (Å²) in [7, 11) is 1.55. The summed E-state index contributed by atoms with van der Waals surface area (Å²) in [5.41, 5.74) is 0.573. The first kappa shape index (κ1) is 13.2. The number of ether oxygens (including phenoxy) is 2. The topological polar surface area (TPSA) is 47.6 Å². The highest BCUT2D eigenvalue weighted by Gasteiger charge is 2.22. The highest BCUT2D eigenvalue weighted by Crippen LogP contribution is 2.28. The van der Waals surface area contributed by atoms with Crippen LogP contribution in [0.2, 0.25) is 5.02 Å². The van der Waals surface area contributed by atoms with Crippen LogP contribution in [0.3, 0.4) is 0 Å². The van der Waals surface area contributed by atoms with Gasteiger partial charge in [-0.1, -0.05) is 11.6 Å². The van der Waals surface area contributed by atoms with Crippen LogP contribution >= 0.6 is 11.6 Å². The molecule has 1 N–H and O–H groups in total. The van der Waals surface area contributed by atoms with Gasteiger partial charge in [0.1, 0.15) is 11.9 Å². The monoisotopic (exact) mass is 269 g/mol. The Morgan fingerprint density at radius 3 is 3.00 bits per heavy atom. The summed E-state index contributed by atoms with van der Waals surface area (Å²) in [6, 6.07) is 5.11. The Morgan fingerprint density at radius 2 is 2.33 bits per heavy atom. The SMILES string of the molecule is COc1ccc(Cl)cc1NC(=O)C1CCCCO1. The Morgan fingerprint density at radius 1 is 1.50 bits per heavy atom. The van der Waals surface area contributed by atoms with Gasteiger partial charge in [0.15, 0.2) is 0 Å². The molecule has 1 aromatic rings. The third-order valence-corrected chi connectivity index (χ3v) is 3.13. The lowest BCUT2D eigenvalue weighted by atomic mass is 10.1. The molecule has 1 fully saturated rings. The maximum absolute atomic E-state index is 12.0. The Bertz CT molecular complexity index is 430. The molecular weight excluding hydrogens is 254 g/mol. The Labute approximate surface area is 111 Å². The highest BCUT2D eigenvalue weighted by atomic mass is 35.5. The molecule has 0 saturated carbocycles. The maximum Gasteiger partial charge on any atom is 0.253 e. The first-order valence-corrected chi connectivity index (χ1v) is 6.34. The number of hydrogen-bond acceptors (Lipinski definition) is 3. The Kier molecular flexibility index (Phi) is 4.44. The van der Waals surface area contributed by atoms with Crippen LogP contribution in [0.1, 0.15) is 19.3 Å². The van der Waals surface area contributed by atoms with Gasteiger partial charge in [0, 0.05) is 11.6 Å². The normalized spacial score (nSPS) is 19.3. The molecule has 1 aromatic carbocycles. The number of anilines is 1. The fourth-order valence-electron chi connectivity index (χ4n) is 1.94. The van der Waals surface area contributed by atoms with Crippen LogP contribution in [0.25, 0.3) is 0 Å². The average molecular weight is 270 g/mol. The molecule has 5 heteroatoms. The number of benzene rings is 1. The van der Waals surface area contributed by atoms with Crippen molar-refractivity contribution in [1.82, 2.24) is 0 Å². The molecule has 0 aromatic heterocycles. The maximum atomic E-state index is 12.0. The number of rotatable bonds is 3. The van der Waals surface area contributed by atoms with Crippen molar-refractivity contribution < 1.29 is 14.3 Å². The van der Waals surface area contributed by atoms with Crippen molar-refractivity contribution in [2.24, 2.45) is 0 Å². The number of halogens is 1. The summed E-state index contributed by atoms with van der Waals surface area (Å²) < 4.78 is 10.6. The van der Waals surface area contributed by atoms with E-state index in [2.05, 4.69) is 5.32 Å². The molecule has 2 rings (SSSR count). The van der Waals surface area contributed by atoms with Gasteiger partial charge in [0.25, 0.3) is 5.91 Å². The minimum absolute atomic E-state index is 0.143. The highest BCUT2D eigenvalue weighted by molar-refractivity contribution is 6.31. The van der Waals surface area contributed by atoms with E-state index < -0.39 is 0 Å². The van der Waals surface area contributed by atoms with Crippen LogP contribution in [0.5, 0.6) is 5.75 Å². The predicted octanol–water partition coefficient (Wildman–Crippen LogP) is 2.86. The molecule has 98 valence electrons. The van der Waals surface area contributed by atoms with Crippen LogP contribution in [-0.4, -0.2) is 25.7 Å². The first-order chi connectivity index (χ1) is 8.70.